The number of hydrogen-bond donors (Lipinski definition) is 1. The average Bonchev–Trinajstić information content (AvgIpc) is 3.06. The molecule has 0 saturated heterocycles. The number of thiophene rings is 1. The van der Waals surface area contributed by atoms with Crippen molar-refractivity contribution in [3.05, 3.63) is 45.9 Å². The number of fused-ring (bicyclic) bond motifs is 1. The van der Waals surface area contributed by atoms with Gasteiger partial charge in [0.25, 0.3) is 0 Å². The number of rotatable bonds is 5. The molecule has 1 unspecified atom stereocenters. The Morgan fingerprint density at radius 3 is 3.05 bits per heavy atom. The van der Waals surface area contributed by atoms with E-state index in [4.69, 9.17) is 0 Å². The van der Waals surface area contributed by atoms with Crippen molar-refractivity contribution in [3.63, 3.8) is 0 Å². The van der Waals surface area contributed by atoms with Crippen LogP contribution in [0.1, 0.15) is 23.1 Å². The molecule has 5 heteroatoms. The van der Waals surface area contributed by atoms with Crippen molar-refractivity contribution < 1.29 is 0 Å². The molecule has 0 bridgehead atoms. The third-order valence-electron chi connectivity index (χ3n) is 3.66. The zero-order chi connectivity index (χ0) is 14.8. The van der Waals surface area contributed by atoms with Gasteiger partial charge in [-0.15, -0.1) is 11.3 Å². The van der Waals surface area contributed by atoms with Crippen molar-refractivity contribution >= 4 is 22.4 Å². The van der Waals surface area contributed by atoms with Crippen LogP contribution in [-0.4, -0.2) is 20.8 Å². The fourth-order valence-electron chi connectivity index (χ4n) is 2.54. The molecule has 0 aliphatic rings. The summed E-state index contributed by atoms with van der Waals surface area (Å²) in [7, 11) is 1.93. The highest BCUT2D eigenvalue weighted by Gasteiger charge is 2.08. The lowest BCUT2D eigenvalue weighted by atomic mass is 10.1. The van der Waals surface area contributed by atoms with Crippen LogP contribution in [0.25, 0.3) is 11.0 Å². The van der Waals surface area contributed by atoms with Gasteiger partial charge in [-0.3, -0.25) is 4.68 Å². The Labute approximate surface area is 128 Å². The molecule has 0 amide bonds. The normalized spacial score (nSPS) is 12.9. The zero-order valence-corrected chi connectivity index (χ0v) is 13.4. The fourth-order valence-corrected chi connectivity index (χ4v) is 3.38. The lowest BCUT2D eigenvalue weighted by molar-refractivity contribution is 0.548. The summed E-state index contributed by atoms with van der Waals surface area (Å²) in [6.07, 6.45) is 3.01. The SMILES string of the molecule is Cc1nn(C)c2ncc(CNC(C)Cc3cccs3)cc12. The monoisotopic (exact) mass is 300 g/mol. The molecule has 0 aliphatic carbocycles. The van der Waals surface area contributed by atoms with E-state index in [-0.39, 0.29) is 0 Å². The van der Waals surface area contributed by atoms with E-state index >= 15 is 0 Å². The molecule has 110 valence electrons. The van der Waals surface area contributed by atoms with Gasteiger partial charge in [0.2, 0.25) is 0 Å². The van der Waals surface area contributed by atoms with Crippen LogP contribution in [-0.2, 0) is 20.0 Å². The van der Waals surface area contributed by atoms with Crippen LogP contribution in [0.3, 0.4) is 0 Å². The smallest absolute Gasteiger partial charge is 0.157 e. The molecule has 1 atom stereocenters. The van der Waals surface area contributed by atoms with Crippen molar-refractivity contribution in [2.24, 2.45) is 7.05 Å². The van der Waals surface area contributed by atoms with Crippen molar-refractivity contribution in [2.45, 2.75) is 32.9 Å². The standard InChI is InChI=1S/C16H20N4S/c1-11(7-14-5-4-6-21-14)17-9-13-8-15-12(2)19-20(3)16(15)18-10-13/h4-6,8,10-11,17H,7,9H2,1-3H3. The molecular weight excluding hydrogens is 280 g/mol. The van der Waals surface area contributed by atoms with Crippen LogP contribution in [0.2, 0.25) is 0 Å². The molecule has 0 spiro atoms. The lowest BCUT2D eigenvalue weighted by Crippen LogP contribution is -2.27. The number of pyridine rings is 1. The van der Waals surface area contributed by atoms with E-state index in [2.05, 4.69) is 45.9 Å². The van der Waals surface area contributed by atoms with Gasteiger partial charge in [-0.1, -0.05) is 6.07 Å². The van der Waals surface area contributed by atoms with Gasteiger partial charge < -0.3 is 5.32 Å². The summed E-state index contributed by atoms with van der Waals surface area (Å²) in [6.45, 7) is 5.09. The summed E-state index contributed by atoms with van der Waals surface area (Å²) in [5.41, 5.74) is 3.19. The first-order valence-corrected chi connectivity index (χ1v) is 8.05. The van der Waals surface area contributed by atoms with Crippen molar-refractivity contribution in [3.8, 4) is 0 Å². The van der Waals surface area contributed by atoms with E-state index in [1.54, 1.807) is 0 Å². The molecule has 3 aromatic heterocycles. The molecule has 0 radical (unpaired) electrons. The second-order valence-corrected chi connectivity index (χ2v) is 6.52. The third kappa shape index (κ3) is 3.14. The van der Waals surface area contributed by atoms with E-state index in [0.29, 0.717) is 6.04 Å². The topological polar surface area (TPSA) is 42.7 Å². The van der Waals surface area contributed by atoms with Gasteiger partial charge in [0, 0.05) is 36.1 Å². The molecule has 0 fully saturated rings. The third-order valence-corrected chi connectivity index (χ3v) is 4.56. The van der Waals surface area contributed by atoms with Crippen molar-refractivity contribution in [1.82, 2.24) is 20.1 Å². The summed E-state index contributed by atoms with van der Waals surface area (Å²) in [5, 5.41) is 11.3. The van der Waals surface area contributed by atoms with Gasteiger partial charge in [-0.2, -0.15) is 5.10 Å². The predicted octanol–water partition coefficient (Wildman–Crippen LogP) is 3.06. The van der Waals surface area contributed by atoms with E-state index in [0.717, 1.165) is 29.7 Å². The fraction of sp³-hybridized carbons (Fsp3) is 0.375. The lowest BCUT2D eigenvalue weighted by Gasteiger charge is -2.12. The highest BCUT2D eigenvalue weighted by atomic mass is 32.1. The molecule has 0 aromatic carbocycles. The number of aromatic nitrogens is 3. The Balaban J connectivity index is 1.66. The summed E-state index contributed by atoms with van der Waals surface area (Å²) >= 11 is 1.82. The van der Waals surface area contributed by atoms with Gasteiger partial charge in [0.1, 0.15) is 0 Å². The molecule has 3 aromatic rings. The van der Waals surface area contributed by atoms with Crippen molar-refractivity contribution in [2.75, 3.05) is 0 Å². The van der Waals surface area contributed by atoms with Crippen LogP contribution in [0, 0.1) is 6.92 Å². The molecule has 3 rings (SSSR count). The highest BCUT2D eigenvalue weighted by Crippen LogP contribution is 2.17. The summed E-state index contributed by atoms with van der Waals surface area (Å²) < 4.78 is 1.83. The molecule has 0 saturated carbocycles. The minimum absolute atomic E-state index is 0.453. The van der Waals surface area contributed by atoms with Crippen LogP contribution in [0.4, 0.5) is 0 Å². The number of hydrogen-bond acceptors (Lipinski definition) is 4. The molecule has 4 nitrogen and oxygen atoms in total. The van der Waals surface area contributed by atoms with E-state index in [9.17, 15) is 0 Å². The number of nitrogens with zero attached hydrogens (tertiary/aromatic N) is 3. The Kier molecular flexibility index (Phi) is 4.03. The van der Waals surface area contributed by atoms with Crippen LogP contribution in [0.15, 0.2) is 29.8 Å². The molecule has 1 N–H and O–H groups in total. The minimum Gasteiger partial charge on any atom is -0.310 e. The Morgan fingerprint density at radius 1 is 1.43 bits per heavy atom. The quantitative estimate of drug-likeness (QED) is 0.787. The van der Waals surface area contributed by atoms with E-state index in [1.807, 2.05) is 36.2 Å². The van der Waals surface area contributed by atoms with Gasteiger partial charge >= 0.3 is 0 Å². The van der Waals surface area contributed by atoms with E-state index in [1.165, 1.54) is 10.4 Å². The van der Waals surface area contributed by atoms with Crippen molar-refractivity contribution in [1.29, 1.82) is 0 Å². The van der Waals surface area contributed by atoms with E-state index < -0.39 is 0 Å². The predicted molar refractivity (Wildman–Crippen MR) is 87.6 cm³/mol. The molecule has 0 aliphatic heterocycles. The van der Waals surface area contributed by atoms with Gasteiger partial charge in [0.15, 0.2) is 5.65 Å². The largest absolute Gasteiger partial charge is 0.310 e. The van der Waals surface area contributed by atoms with Crippen LogP contribution >= 0.6 is 11.3 Å². The average molecular weight is 300 g/mol. The second kappa shape index (κ2) is 5.95. The first kappa shape index (κ1) is 14.2. The number of nitrogens with one attached hydrogen (secondary N) is 1. The van der Waals surface area contributed by atoms with Gasteiger partial charge in [-0.25, -0.2) is 4.98 Å². The summed E-state index contributed by atoms with van der Waals surface area (Å²) in [6, 6.07) is 6.94. The Morgan fingerprint density at radius 2 is 2.29 bits per heavy atom. The molecule has 21 heavy (non-hydrogen) atoms. The second-order valence-electron chi connectivity index (χ2n) is 5.49. The number of aryl methyl sites for hydroxylation is 2. The molecular formula is C16H20N4S. The molecule has 3 heterocycles. The Bertz CT molecular complexity index is 730. The van der Waals surface area contributed by atoms with Gasteiger partial charge in [-0.05, 0) is 43.3 Å². The minimum atomic E-state index is 0.453. The van der Waals surface area contributed by atoms with Gasteiger partial charge in [0.05, 0.1) is 5.69 Å². The Hall–Kier alpha value is -1.72. The first-order valence-electron chi connectivity index (χ1n) is 7.17. The maximum Gasteiger partial charge on any atom is 0.157 e. The maximum absolute atomic E-state index is 4.52. The van der Waals surface area contributed by atoms with Crippen LogP contribution in [0.5, 0.6) is 0 Å². The summed E-state index contributed by atoms with van der Waals surface area (Å²) in [4.78, 5) is 5.94. The first-order chi connectivity index (χ1) is 10.1. The highest BCUT2D eigenvalue weighted by molar-refractivity contribution is 7.09. The zero-order valence-electron chi connectivity index (χ0n) is 12.6. The summed E-state index contributed by atoms with van der Waals surface area (Å²) in [5.74, 6) is 0. The maximum atomic E-state index is 4.52. The van der Waals surface area contributed by atoms with Crippen LogP contribution < -0.4 is 5.32 Å².